The van der Waals surface area contributed by atoms with Gasteiger partial charge in [0.05, 0.1) is 17.3 Å². The van der Waals surface area contributed by atoms with E-state index in [1.165, 1.54) is 23.4 Å². The van der Waals surface area contributed by atoms with Gasteiger partial charge in [-0.3, -0.25) is 4.79 Å². The third-order valence-electron chi connectivity index (χ3n) is 4.91. The smallest absolute Gasteiger partial charge is 0.274 e. The van der Waals surface area contributed by atoms with Gasteiger partial charge >= 0.3 is 0 Å². The first kappa shape index (κ1) is 19.8. The molecule has 2 aromatic rings. The molecule has 0 fully saturated rings. The molecule has 4 nitrogen and oxygen atoms in total. The van der Waals surface area contributed by atoms with Crippen molar-refractivity contribution in [2.75, 3.05) is 4.90 Å². The van der Waals surface area contributed by atoms with Gasteiger partial charge in [0.25, 0.3) is 5.91 Å². The number of allylic oxidation sites excluding steroid dienone is 1. The summed E-state index contributed by atoms with van der Waals surface area (Å²) in [7, 11) is 0. The zero-order chi connectivity index (χ0) is 20.5. The van der Waals surface area contributed by atoms with Gasteiger partial charge in [-0.25, -0.2) is 9.82 Å². The van der Waals surface area contributed by atoms with E-state index in [0.717, 1.165) is 11.1 Å². The normalized spacial score (nSPS) is 15.5. The maximum Gasteiger partial charge on any atom is 0.274 e. The Morgan fingerprint density at radius 3 is 2.61 bits per heavy atom. The maximum absolute atomic E-state index is 13.7. The van der Waals surface area contributed by atoms with Crippen LogP contribution in [0.2, 0.25) is 0 Å². The number of hydrogen-bond donors (Lipinski definition) is 1. The molecule has 0 saturated heterocycles. The predicted octanol–water partition coefficient (Wildman–Crippen LogP) is 5.00. The molecule has 1 aliphatic rings. The number of carbonyl (C=O) groups is 1. The number of nitrogens with zero attached hydrogens (tertiary/aromatic N) is 2. The molecular formula is C23H26FN3O. The van der Waals surface area contributed by atoms with Gasteiger partial charge in [0, 0.05) is 17.3 Å². The van der Waals surface area contributed by atoms with E-state index in [0.29, 0.717) is 6.04 Å². The molecule has 0 aromatic heterocycles. The topological polar surface area (TPSA) is 44.7 Å². The molecule has 0 aliphatic carbocycles. The lowest BCUT2D eigenvalue weighted by molar-refractivity contribution is 0.0951. The molecule has 0 spiro atoms. The lowest BCUT2D eigenvalue weighted by Crippen LogP contribution is -2.49. The molecule has 1 amide bonds. The molecule has 1 heterocycles. The second-order valence-electron chi connectivity index (χ2n) is 7.90. The first-order chi connectivity index (χ1) is 13.2. The Balaban J connectivity index is 1.82. The average Bonchev–Trinajstić information content (AvgIpc) is 2.61. The van der Waals surface area contributed by atoms with Crippen LogP contribution in [0.25, 0.3) is 5.57 Å². The first-order valence-corrected chi connectivity index (χ1v) is 9.42. The molecule has 0 radical (unpaired) electrons. The number of benzene rings is 2. The van der Waals surface area contributed by atoms with Crippen molar-refractivity contribution in [1.29, 1.82) is 0 Å². The van der Waals surface area contributed by atoms with Crippen LogP contribution in [-0.2, 0) is 0 Å². The van der Waals surface area contributed by atoms with Crippen LogP contribution in [0.3, 0.4) is 0 Å². The number of hydrazone groups is 1. The summed E-state index contributed by atoms with van der Waals surface area (Å²) in [6, 6.07) is 12.3. The van der Waals surface area contributed by atoms with Gasteiger partial charge in [-0.1, -0.05) is 24.3 Å². The van der Waals surface area contributed by atoms with E-state index >= 15 is 0 Å². The quantitative estimate of drug-likeness (QED) is 0.600. The van der Waals surface area contributed by atoms with Crippen LogP contribution in [0.1, 0.15) is 56.1 Å². The van der Waals surface area contributed by atoms with Crippen LogP contribution < -0.4 is 10.3 Å². The van der Waals surface area contributed by atoms with Gasteiger partial charge in [-0.05, 0) is 70.0 Å². The minimum Gasteiger partial charge on any atom is -0.360 e. The summed E-state index contributed by atoms with van der Waals surface area (Å²) in [5.74, 6) is -1.14. The molecule has 146 valence electrons. The van der Waals surface area contributed by atoms with Crippen LogP contribution in [-0.4, -0.2) is 23.7 Å². The lowest BCUT2D eigenvalue weighted by atomic mass is 9.87. The summed E-state index contributed by atoms with van der Waals surface area (Å²) in [5, 5.41) is 3.99. The molecule has 2 aromatic carbocycles. The highest BCUT2D eigenvalue weighted by molar-refractivity contribution is 5.95. The number of fused-ring (bicyclic) bond motifs is 1. The minimum absolute atomic E-state index is 0.0290. The van der Waals surface area contributed by atoms with Gasteiger partial charge in [-0.2, -0.15) is 5.10 Å². The number of carbonyl (C=O) groups excluding carboxylic acids is 1. The van der Waals surface area contributed by atoms with E-state index in [2.05, 4.69) is 68.3 Å². The zero-order valence-corrected chi connectivity index (χ0v) is 17.0. The number of amides is 1. The van der Waals surface area contributed by atoms with Crippen LogP contribution >= 0.6 is 0 Å². The Labute approximate surface area is 165 Å². The molecule has 3 rings (SSSR count). The van der Waals surface area contributed by atoms with Crippen molar-refractivity contribution < 1.29 is 9.18 Å². The van der Waals surface area contributed by atoms with E-state index in [1.54, 1.807) is 18.3 Å². The molecular weight excluding hydrogens is 353 g/mol. The van der Waals surface area contributed by atoms with Gasteiger partial charge in [-0.15, -0.1) is 0 Å². The van der Waals surface area contributed by atoms with Gasteiger partial charge in [0.15, 0.2) is 0 Å². The third kappa shape index (κ3) is 3.84. The number of halogens is 1. The average molecular weight is 379 g/mol. The Bertz CT molecular complexity index is 960. The van der Waals surface area contributed by atoms with Gasteiger partial charge in [0.1, 0.15) is 5.82 Å². The van der Waals surface area contributed by atoms with E-state index < -0.39 is 11.7 Å². The SMILES string of the molecule is CC1=CC(C)(C)N(C(C)C)c2ccc(/C=N\NC(=O)c3ccccc3F)cc21. The fraction of sp³-hybridized carbons (Fsp3) is 0.304. The molecule has 1 N–H and O–H groups in total. The summed E-state index contributed by atoms with van der Waals surface area (Å²) >= 11 is 0. The molecule has 5 heteroatoms. The lowest BCUT2D eigenvalue weighted by Gasteiger charge is -2.46. The second-order valence-corrected chi connectivity index (χ2v) is 7.90. The molecule has 28 heavy (non-hydrogen) atoms. The van der Waals surface area contributed by atoms with Gasteiger partial charge < -0.3 is 4.90 Å². The van der Waals surface area contributed by atoms with E-state index in [-0.39, 0.29) is 11.1 Å². The second kappa shape index (κ2) is 7.58. The molecule has 1 aliphatic heterocycles. The van der Waals surface area contributed by atoms with Crippen molar-refractivity contribution >= 4 is 23.4 Å². The Hall–Kier alpha value is -2.95. The summed E-state index contributed by atoms with van der Waals surface area (Å²) in [5.41, 5.74) is 6.71. The fourth-order valence-corrected chi connectivity index (χ4v) is 3.96. The summed E-state index contributed by atoms with van der Waals surface area (Å²) in [4.78, 5) is 14.4. The number of nitrogens with one attached hydrogen (secondary N) is 1. The highest BCUT2D eigenvalue weighted by Gasteiger charge is 2.32. The zero-order valence-electron chi connectivity index (χ0n) is 17.0. The number of rotatable bonds is 4. The number of hydrogen-bond acceptors (Lipinski definition) is 3. The summed E-state index contributed by atoms with van der Waals surface area (Å²) in [6.07, 6.45) is 3.85. The highest BCUT2D eigenvalue weighted by atomic mass is 19.1. The maximum atomic E-state index is 13.7. The summed E-state index contributed by atoms with van der Waals surface area (Å²) in [6.45, 7) is 10.9. The van der Waals surface area contributed by atoms with Crippen LogP contribution in [0.15, 0.2) is 53.6 Å². The van der Waals surface area contributed by atoms with Gasteiger partial charge in [0.2, 0.25) is 0 Å². The molecule has 0 bridgehead atoms. The predicted molar refractivity (Wildman–Crippen MR) is 113 cm³/mol. The van der Waals surface area contributed by atoms with E-state index in [4.69, 9.17) is 0 Å². The van der Waals surface area contributed by atoms with Crippen molar-refractivity contribution in [3.8, 4) is 0 Å². The van der Waals surface area contributed by atoms with Crippen molar-refractivity contribution in [2.45, 2.75) is 46.2 Å². The van der Waals surface area contributed by atoms with Crippen LogP contribution in [0.4, 0.5) is 10.1 Å². The fourth-order valence-electron chi connectivity index (χ4n) is 3.96. The molecule has 0 unspecified atom stereocenters. The largest absolute Gasteiger partial charge is 0.360 e. The Kier molecular flexibility index (Phi) is 5.36. The van der Waals surface area contributed by atoms with E-state index in [1.807, 2.05) is 6.07 Å². The van der Waals surface area contributed by atoms with E-state index in [9.17, 15) is 9.18 Å². The van der Waals surface area contributed by atoms with Crippen molar-refractivity contribution in [3.63, 3.8) is 0 Å². The van der Waals surface area contributed by atoms with Crippen molar-refractivity contribution in [2.24, 2.45) is 5.10 Å². The Morgan fingerprint density at radius 2 is 1.93 bits per heavy atom. The standard InChI is InChI=1S/C23H26FN3O/c1-15(2)27-21-11-10-17(12-19(21)16(3)13-23(27,4)5)14-25-26-22(28)18-8-6-7-9-20(18)24/h6-15H,1-5H3,(H,26,28)/b25-14-. The monoisotopic (exact) mass is 379 g/mol. The van der Waals surface area contributed by atoms with Crippen molar-refractivity contribution in [3.05, 3.63) is 71.0 Å². The van der Waals surface area contributed by atoms with Crippen LogP contribution in [0.5, 0.6) is 0 Å². The number of anilines is 1. The summed E-state index contributed by atoms with van der Waals surface area (Å²) < 4.78 is 13.7. The first-order valence-electron chi connectivity index (χ1n) is 9.42. The molecule has 0 atom stereocenters. The highest BCUT2D eigenvalue weighted by Crippen LogP contribution is 2.40. The minimum atomic E-state index is -0.573. The van der Waals surface area contributed by atoms with Crippen LogP contribution in [0, 0.1) is 5.82 Å². The van der Waals surface area contributed by atoms with Crippen molar-refractivity contribution in [1.82, 2.24) is 5.43 Å². The third-order valence-corrected chi connectivity index (χ3v) is 4.91. The Morgan fingerprint density at radius 1 is 1.21 bits per heavy atom. The molecule has 0 saturated carbocycles.